The van der Waals surface area contributed by atoms with Gasteiger partial charge in [0, 0.05) is 12.0 Å². The minimum Gasteiger partial charge on any atom is -0.396 e. The molecular formula is C10H19NO. The van der Waals surface area contributed by atoms with Crippen LogP contribution in [0.4, 0.5) is 0 Å². The van der Waals surface area contributed by atoms with Gasteiger partial charge in [0.1, 0.15) is 0 Å². The maximum atomic E-state index is 9.42. The van der Waals surface area contributed by atoms with Gasteiger partial charge in [-0.15, -0.1) is 0 Å². The molecule has 0 radical (unpaired) electrons. The Bertz CT molecular complexity index is 188. The average molecular weight is 169 g/mol. The fourth-order valence-corrected chi connectivity index (χ4v) is 2.77. The molecule has 1 aliphatic heterocycles. The average Bonchev–Trinajstić information content (AvgIpc) is 2.80. The van der Waals surface area contributed by atoms with Crippen LogP contribution >= 0.6 is 0 Å². The van der Waals surface area contributed by atoms with E-state index < -0.39 is 0 Å². The Balaban J connectivity index is 2.15. The molecule has 1 aliphatic carbocycles. The van der Waals surface area contributed by atoms with Crippen LogP contribution in [0.1, 0.15) is 26.2 Å². The Morgan fingerprint density at radius 1 is 1.33 bits per heavy atom. The first-order chi connectivity index (χ1) is 5.62. The van der Waals surface area contributed by atoms with E-state index in [9.17, 15) is 5.11 Å². The summed E-state index contributed by atoms with van der Waals surface area (Å²) in [5.74, 6) is 0. The molecule has 2 fully saturated rings. The topological polar surface area (TPSA) is 23.5 Å². The van der Waals surface area contributed by atoms with E-state index in [1.165, 1.54) is 25.8 Å². The van der Waals surface area contributed by atoms with Crippen LogP contribution in [0.25, 0.3) is 0 Å². The van der Waals surface area contributed by atoms with Gasteiger partial charge in [-0.3, -0.25) is 0 Å². The zero-order valence-corrected chi connectivity index (χ0v) is 8.14. The van der Waals surface area contributed by atoms with Crippen LogP contribution < -0.4 is 0 Å². The molecule has 0 aromatic carbocycles. The third-order valence-electron chi connectivity index (χ3n) is 4.07. The molecule has 1 saturated heterocycles. The third kappa shape index (κ3) is 1.01. The van der Waals surface area contributed by atoms with Crippen LogP contribution in [0.5, 0.6) is 0 Å². The number of hydrogen-bond donors (Lipinski definition) is 1. The number of aliphatic hydroxyl groups is 1. The Hall–Kier alpha value is -0.0800. The predicted molar refractivity (Wildman–Crippen MR) is 49.0 cm³/mol. The number of hydrogen-bond acceptors (Lipinski definition) is 2. The summed E-state index contributed by atoms with van der Waals surface area (Å²) in [7, 11) is 2.16. The summed E-state index contributed by atoms with van der Waals surface area (Å²) in [6.07, 6.45) is 3.98. The summed E-state index contributed by atoms with van der Waals surface area (Å²) in [4.78, 5) is 2.35. The van der Waals surface area contributed by atoms with Gasteiger partial charge in [0.05, 0.1) is 6.61 Å². The van der Waals surface area contributed by atoms with Crippen LogP contribution in [0.2, 0.25) is 0 Å². The van der Waals surface area contributed by atoms with Crippen LogP contribution in [-0.4, -0.2) is 36.8 Å². The van der Waals surface area contributed by atoms with Gasteiger partial charge in [0.25, 0.3) is 0 Å². The normalized spacial score (nSPS) is 40.2. The smallest absolute Gasteiger partial charge is 0.0502 e. The maximum Gasteiger partial charge on any atom is 0.0502 e. The van der Waals surface area contributed by atoms with Gasteiger partial charge in [-0.2, -0.15) is 0 Å². The number of aliphatic hydroxyl groups excluding tert-OH is 1. The fourth-order valence-electron chi connectivity index (χ4n) is 2.77. The minimum atomic E-state index is 0.181. The van der Waals surface area contributed by atoms with Gasteiger partial charge in [-0.25, -0.2) is 0 Å². The molecule has 0 aromatic heterocycles. The zero-order chi connectivity index (χ0) is 8.82. The molecule has 0 amide bonds. The molecule has 70 valence electrons. The lowest BCUT2D eigenvalue weighted by Crippen LogP contribution is -2.48. The first-order valence-electron chi connectivity index (χ1n) is 4.91. The van der Waals surface area contributed by atoms with Gasteiger partial charge in [0.15, 0.2) is 0 Å². The summed E-state index contributed by atoms with van der Waals surface area (Å²) >= 11 is 0. The molecule has 0 aromatic rings. The van der Waals surface area contributed by atoms with E-state index in [-0.39, 0.29) is 5.41 Å². The molecule has 1 spiro atoms. The van der Waals surface area contributed by atoms with E-state index in [0.29, 0.717) is 12.0 Å². The zero-order valence-electron chi connectivity index (χ0n) is 8.14. The molecule has 12 heavy (non-hydrogen) atoms. The molecule has 0 bridgehead atoms. The molecule has 1 N–H and O–H groups in total. The van der Waals surface area contributed by atoms with Crippen molar-refractivity contribution < 1.29 is 5.11 Å². The van der Waals surface area contributed by atoms with Crippen molar-refractivity contribution in [3.8, 4) is 0 Å². The van der Waals surface area contributed by atoms with Crippen molar-refractivity contribution in [2.75, 3.05) is 26.7 Å². The lowest BCUT2D eigenvalue weighted by molar-refractivity contribution is -0.0101. The Kier molecular flexibility index (Phi) is 1.74. The molecule has 2 aliphatic rings. The van der Waals surface area contributed by atoms with E-state index in [2.05, 4.69) is 18.9 Å². The van der Waals surface area contributed by atoms with Crippen molar-refractivity contribution in [1.82, 2.24) is 4.90 Å². The van der Waals surface area contributed by atoms with E-state index in [1.807, 2.05) is 0 Å². The van der Waals surface area contributed by atoms with Crippen molar-refractivity contribution in [2.24, 2.45) is 10.8 Å². The van der Waals surface area contributed by atoms with Crippen molar-refractivity contribution in [3.05, 3.63) is 0 Å². The summed E-state index contributed by atoms with van der Waals surface area (Å²) < 4.78 is 0. The molecular weight excluding hydrogens is 150 g/mol. The number of nitrogens with zero attached hydrogens (tertiary/aromatic N) is 1. The third-order valence-corrected chi connectivity index (χ3v) is 4.07. The molecule has 2 heteroatoms. The molecule has 2 nitrogen and oxygen atoms in total. The summed E-state index contributed by atoms with van der Waals surface area (Å²) in [5, 5.41) is 9.42. The van der Waals surface area contributed by atoms with Crippen molar-refractivity contribution in [1.29, 1.82) is 0 Å². The highest BCUT2D eigenvalue weighted by atomic mass is 16.3. The van der Waals surface area contributed by atoms with Crippen LogP contribution in [-0.2, 0) is 0 Å². The first-order valence-corrected chi connectivity index (χ1v) is 4.91. The fraction of sp³-hybridized carbons (Fsp3) is 1.00. The Morgan fingerprint density at radius 3 is 2.50 bits per heavy atom. The van der Waals surface area contributed by atoms with E-state index in [4.69, 9.17) is 0 Å². The lowest BCUT2D eigenvalue weighted by Gasteiger charge is -2.45. The van der Waals surface area contributed by atoms with Gasteiger partial charge in [0.2, 0.25) is 0 Å². The monoisotopic (exact) mass is 169 g/mol. The highest BCUT2D eigenvalue weighted by Crippen LogP contribution is 2.62. The quantitative estimate of drug-likeness (QED) is 0.635. The molecule has 2 rings (SSSR count). The van der Waals surface area contributed by atoms with E-state index in [0.717, 1.165) is 6.54 Å². The van der Waals surface area contributed by atoms with Gasteiger partial charge >= 0.3 is 0 Å². The summed E-state index contributed by atoms with van der Waals surface area (Å²) in [6.45, 7) is 4.89. The highest BCUT2D eigenvalue weighted by Gasteiger charge is 2.57. The van der Waals surface area contributed by atoms with Crippen LogP contribution in [0.3, 0.4) is 0 Å². The lowest BCUT2D eigenvalue weighted by atomic mass is 9.70. The number of likely N-dealkylation sites (tertiary alicyclic amines) is 1. The largest absolute Gasteiger partial charge is 0.396 e. The Morgan fingerprint density at radius 2 is 2.00 bits per heavy atom. The van der Waals surface area contributed by atoms with Crippen LogP contribution in [0, 0.1) is 10.8 Å². The maximum absolute atomic E-state index is 9.42. The second-order valence-corrected chi connectivity index (χ2v) is 4.99. The highest BCUT2D eigenvalue weighted by molar-refractivity contribution is 5.08. The predicted octanol–water partition coefficient (Wildman–Crippen LogP) is 1.10. The first kappa shape index (κ1) is 8.52. The molecule has 1 atom stereocenters. The number of rotatable bonds is 1. The van der Waals surface area contributed by atoms with Gasteiger partial charge in [-0.05, 0) is 38.3 Å². The van der Waals surface area contributed by atoms with Crippen molar-refractivity contribution in [2.45, 2.75) is 26.2 Å². The minimum absolute atomic E-state index is 0.181. The van der Waals surface area contributed by atoms with E-state index in [1.54, 1.807) is 0 Å². The standard InChI is InChI=1S/C10H19NO/c1-9(8-12)7-11(2)6-5-10(9)3-4-10/h12H,3-8H2,1-2H3/t9-/m0/s1. The van der Waals surface area contributed by atoms with Crippen molar-refractivity contribution >= 4 is 0 Å². The second-order valence-electron chi connectivity index (χ2n) is 4.99. The second kappa shape index (κ2) is 2.46. The summed E-state index contributed by atoms with van der Waals surface area (Å²) in [5.41, 5.74) is 0.703. The number of piperidine rings is 1. The van der Waals surface area contributed by atoms with Gasteiger partial charge in [-0.1, -0.05) is 6.92 Å². The van der Waals surface area contributed by atoms with Gasteiger partial charge < -0.3 is 10.0 Å². The Labute approximate surface area is 74.6 Å². The SMILES string of the molecule is CN1CCC2(CC2)[C@](C)(CO)C1. The molecule has 1 heterocycles. The molecule has 1 saturated carbocycles. The van der Waals surface area contributed by atoms with Crippen molar-refractivity contribution in [3.63, 3.8) is 0 Å². The molecule has 0 unspecified atom stereocenters. The van der Waals surface area contributed by atoms with E-state index >= 15 is 0 Å². The summed E-state index contributed by atoms with van der Waals surface area (Å²) in [6, 6.07) is 0. The van der Waals surface area contributed by atoms with Crippen LogP contribution in [0.15, 0.2) is 0 Å².